The third-order valence-corrected chi connectivity index (χ3v) is 4.75. The van der Waals surface area contributed by atoms with Crippen LogP contribution in [0.2, 0.25) is 0 Å². The third kappa shape index (κ3) is 3.78. The molecule has 0 saturated carbocycles. The van der Waals surface area contributed by atoms with Crippen LogP contribution in [0.1, 0.15) is 11.1 Å². The number of nitrogens with one attached hydrogen (secondary N) is 1. The molecule has 5 nitrogen and oxygen atoms in total. The van der Waals surface area contributed by atoms with Gasteiger partial charge in [-0.3, -0.25) is 4.72 Å². The summed E-state index contributed by atoms with van der Waals surface area (Å²) < 4.78 is 28.9. The Morgan fingerprint density at radius 3 is 2.43 bits per heavy atom. The highest BCUT2D eigenvalue weighted by Gasteiger charge is 2.13. The molecule has 3 rings (SSSR count). The summed E-state index contributed by atoms with van der Waals surface area (Å²) in [6, 6.07) is 16.4. The summed E-state index contributed by atoms with van der Waals surface area (Å²) in [6.07, 6.45) is 3.52. The molecule has 1 aromatic heterocycles. The third-order valence-electron chi connectivity index (χ3n) is 3.52. The van der Waals surface area contributed by atoms with Gasteiger partial charge in [-0.2, -0.15) is 5.10 Å². The summed E-state index contributed by atoms with van der Waals surface area (Å²) in [5.74, 6) is -0.0411. The molecule has 1 N–H and O–H groups in total. The van der Waals surface area contributed by atoms with Crippen molar-refractivity contribution in [2.45, 2.75) is 12.7 Å². The Morgan fingerprint density at radius 2 is 1.78 bits per heavy atom. The van der Waals surface area contributed by atoms with E-state index < -0.39 is 10.0 Å². The second kappa shape index (κ2) is 6.26. The zero-order valence-corrected chi connectivity index (χ0v) is 13.5. The van der Waals surface area contributed by atoms with E-state index in [9.17, 15) is 8.42 Å². The lowest BCUT2D eigenvalue weighted by atomic mass is 10.1. The number of hydrogen-bond acceptors (Lipinski definition) is 3. The van der Waals surface area contributed by atoms with E-state index in [1.54, 1.807) is 23.0 Å². The number of benzene rings is 2. The fourth-order valence-electron chi connectivity index (χ4n) is 2.30. The van der Waals surface area contributed by atoms with Gasteiger partial charge >= 0.3 is 0 Å². The molecule has 0 spiro atoms. The van der Waals surface area contributed by atoms with Crippen LogP contribution in [0.4, 0.5) is 5.69 Å². The number of aryl methyl sites for hydroxylation is 1. The Morgan fingerprint density at radius 1 is 1.04 bits per heavy atom. The highest BCUT2D eigenvalue weighted by Crippen LogP contribution is 2.17. The molecular weight excluding hydrogens is 310 g/mol. The molecule has 0 radical (unpaired) electrons. The first-order valence-electron chi connectivity index (χ1n) is 7.19. The Bertz CT molecular complexity index is 886. The largest absolute Gasteiger partial charge is 0.283 e. The standard InChI is InChI=1S/C17H17N3O2S/c1-14-5-2-3-6-15(14)13-23(21,22)19-16-7-9-17(10-8-16)20-12-4-11-18-20/h2-12,19H,13H2,1H3. The average molecular weight is 327 g/mol. The SMILES string of the molecule is Cc1ccccc1CS(=O)(=O)Nc1ccc(-n2cccn2)cc1. The summed E-state index contributed by atoms with van der Waals surface area (Å²) in [7, 11) is -3.45. The van der Waals surface area contributed by atoms with Crippen LogP contribution in [0.5, 0.6) is 0 Å². The lowest BCUT2D eigenvalue weighted by Crippen LogP contribution is -2.15. The minimum absolute atomic E-state index is 0.0411. The van der Waals surface area contributed by atoms with Crippen molar-refractivity contribution in [2.75, 3.05) is 4.72 Å². The van der Waals surface area contributed by atoms with Gasteiger partial charge in [-0.1, -0.05) is 24.3 Å². The van der Waals surface area contributed by atoms with Gasteiger partial charge in [-0.15, -0.1) is 0 Å². The maximum atomic E-state index is 12.3. The van der Waals surface area contributed by atoms with Crippen LogP contribution in [0.15, 0.2) is 67.0 Å². The van der Waals surface area contributed by atoms with Gasteiger partial charge in [0.2, 0.25) is 10.0 Å². The number of aromatic nitrogens is 2. The molecule has 0 aliphatic rings. The van der Waals surface area contributed by atoms with Gasteiger partial charge in [0, 0.05) is 18.1 Å². The van der Waals surface area contributed by atoms with Crippen molar-refractivity contribution in [2.24, 2.45) is 0 Å². The fraction of sp³-hybridized carbons (Fsp3) is 0.118. The predicted octanol–water partition coefficient (Wildman–Crippen LogP) is 3.12. The van der Waals surface area contributed by atoms with E-state index in [0.717, 1.165) is 16.8 Å². The molecule has 0 aliphatic heterocycles. The Hall–Kier alpha value is -2.60. The summed E-state index contributed by atoms with van der Waals surface area (Å²) in [6.45, 7) is 1.91. The van der Waals surface area contributed by atoms with Crippen LogP contribution in [0.3, 0.4) is 0 Å². The normalized spacial score (nSPS) is 11.3. The van der Waals surface area contributed by atoms with Crippen LogP contribution in [-0.4, -0.2) is 18.2 Å². The smallest absolute Gasteiger partial charge is 0.236 e. The summed E-state index contributed by atoms with van der Waals surface area (Å²) in [5.41, 5.74) is 3.17. The Labute approximate surface area is 135 Å². The van der Waals surface area contributed by atoms with Crippen molar-refractivity contribution in [1.29, 1.82) is 0 Å². The monoisotopic (exact) mass is 327 g/mol. The molecule has 2 aromatic carbocycles. The molecule has 0 atom stereocenters. The maximum Gasteiger partial charge on any atom is 0.236 e. The van der Waals surface area contributed by atoms with Crippen molar-refractivity contribution >= 4 is 15.7 Å². The molecular formula is C17H17N3O2S. The highest BCUT2D eigenvalue weighted by molar-refractivity contribution is 7.91. The van der Waals surface area contributed by atoms with E-state index in [4.69, 9.17) is 0 Å². The van der Waals surface area contributed by atoms with Crippen LogP contribution >= 0.6 is 0 Å². The van der Waals surface area contributed by atoms with E-state index in [-0.39, 0.29) is 5.75 Å². The van der Waals surface area contributed by atoms with E-state index in [1.165, 1.54) is 0 Å². The minimum Gasteiger partial charge on any atom is -0.283 e. The average Bonchev–Trinajstić information content (AvgIpc) is 3.04. The second-order valence-electron chi connectivity index (χ2n) is 5.29. The first kappa shape index (κ1) is 15.3. The predicted molar refractivity (Wildman–Crippen MR) is 91.0 cm³/mol. The summed E-state index contributed by atoms with van der Waals surface area (Å²) in [4.78, 5) is 0. The number of rotatable bonds is 5. The minimum atomic E-state index is -3.45. The van der Waals surface area contributed by atoms with Gasteiger partial charge in [-0.25, -0.2) is 13.1 Å². The Balaban J connectivity index is 1.74. The number of sulfonamides is 1. The lowest BCUT2D eigenvalue weighted by Gasteiger charge is -2.10. The second-order valence-corrected chi connectivity index (χ2v) is 7.01. The lowest BCUT2D eigenvalue weighted by molar-refractivity contribution is 0.600. The number of anilines is 1. The highest BCUT2D eigenvalue weighted by atomic mass is 32.2. The zero-order valence-electron chi connectivity index (χ0n) is 12.7. The van der Waals surface area contributed by atoms with Gasteiger partial charge in [0.15, 0.2) is 0 Å². The van der Waals surface area contributed by atoms with E-state index in [2.05, 4.69) is 9.82 Å². The molecule has 23 heavy (non-hydrogen) atoms. The molecule has 1 heterocycles. The van der Waals surface area contributed by atoms with Crippen molar-refractivity contribution in [3.8, 4) is 5.69 Å². The van der Waals surface area contributed by atoms with Crippen molar-refractivity contribution in [1.82, 2.24) is 9.78 Å². The molecule has 118 valence electrons. The van der Waals surface area contributed by atoms with Crippen LogP contribution in [0.25, 0.3) is 5.69 Å². The molecule has 0 bridgehead atoms. The fourth-order valence-corrected chi connectivity index (χ4v) is 3.60. The van der Waals surface area contributed by atoms with Gasteiger partial charge < -0.3 is 0 Å². The molecule has 0 saturated heterocycles. The zero-order chi connectivity index (χ0) is 16.3. The summed E-state index contributed by atoms with van der Waals surface area (Å²) >= 11 is 0. The molecule has 0 unspecified atom stereocenters. The van der Waals surface area contributed by atoms with Gasteiger partial charge in [0.1, 0.15) is 0 Å². The molecule has 6 heteroatoms. The van der Waals surface area contributed by atoms with Gasteiger partial charge in [-0.05, 0) is 48.4 Å². The van der Waals surface area contributed by atoms with E-state index in [1.807, 2.05) is 55.6 Å². The number of nitrogens with zero attached hydrogens (tertiary/aromatic N) is 2. The molecule has 0 aliphatic carbocycles. The maximum absolute atomic E-state index is 12.3. The first-order valence-corrected chi connectivity index (χ1v) is 8.84. The van der Waals surface area contributed by atoms with Crippen LogP contribution in [0, 0.1) is 6.92 Å². The van der Waals surface area contributed by atoms with Gasteiger partial charge in [0.05, 0.1) is 11.4 Å². The topological polar surface area (TPSA) is 64.0 Å². The Kier molecular flexibility index (Phi) is 4.16. The first-order chi connectivity index (χ1) is 11.0. The van der Waals surface area contributed by atoms with Crippen LogP contribution < -0.4 is 4.72 Å². The molecule has 0 fully saturated rings. The number of hydrogen-bond donors (Lipinski definition) is 1. The molecule has 3 aromatic rings. The van der Waals surface area contributed by atoms with Crippen LogP contribution in [-0.2, 0) is 15.8 Å². The van der Waals surface area contributed by atoms with E-state index >= 15 is 0 Å². The quantitative estimate of drug-likeness (QED) is 0.783. The summed E-state index contributed by atoms with van der Waals surface area (Å²) in [5, 5.41) is 4.13. The van der Waals surface area contributed by atoms with E-state index in [0.29, 0.717) is 5.69 Å². The van der Waals surface area contributed by atoms with Crippen molar-refractivity contribution in [3.05, 3.63) is 78.1 Å². The van der Waals surface area contributed by atoms with Crippen molar-refractivity contribution < 1.29 is 8.42 Å². The molecule has 0 amide bonds. The van der Waals surface area contributed by atoms with Gasteiger partial charge in [0.25, 0.3) is 0 Å². The van der Waals surface area contributed by atoms with Crippen molar-refractivity contribution in [3.63, 3.8) is 0 Å².